The molecule has 1 saturated heterocycles. The van der Waals surface area contributed by atoms with Crippen LogP contribution in [0.3, 0.4) is 0 Å². The first-order chi connectivity index (χ1) is 31.9. The second-order valence-electron chi connectivity index (χ2n) is 21.1. The zero-order valence-corrected chi connectivity index (χ0v) is 43.4. The Kier molecular flexibility index (Phi) is 20.0. The molecule has 1 fully saturated rings. The van der Waals surface area contributed by atoms with Crippen LogP contribution in [0.1, 0.15) is 133 Å². The van der Waals surface area contributed by atoms with Crippen LogP contribution in [0.2, 0.25) is 0 Å². The summed E-state index contributed by atoms with van der Waals surface area (Å²) >= 11 is 0. The zero-order chi connectivity index (χ0) is 52.4. The van der Waals surface area contributed by atoms with Crippen LogP contribution in [-0.4, -0.2) is 93.3 Å². The molecule has 0 aromatic carbocycles. The van der Waals surface area contributed by atoms with Crippen LogP contribution in [0, 0.1) is 57.2 Å². The number of aliphatic hydroxyl groups is 1. The van der Waals surface area contributed by atoms with Gasteiger partial charge in [0.1, 0.15) is 0 Å². The van der Waals surface area contributed by atoms with Gasteiger partial charge < -0.3 is 67.5 Å². The number of nitrogens with two attached hydrogens (primary N) is 6. The molecule has 0 saturated carbocycles. The molecule has 5 heterocycles. The van der Waals surface area contributed by atoms with E-state index in [9.17, 15) is 38.7 Å². The topological polar surface area (TPSA) is 414 Å². The molecule has 21 nitrogen and oxygen atoms in total. The predicted octanol–water partition coefficient (Wildman–Crippen LogP) is 1.79. The minimum Gasteiger partial charge on any atom is -0.682 e. The standard InChI is InChI=1S/C48H73N11O8.CN.Co.H2O/c1-23(60)22-55-38(67)16-17-45(6)29(18-35(52)64)43-48(9)47(8,21-37(54)66)28(12-15-34(51)63)40(59-48)25(3)42-46(7,20-36(53)65)26(10-13-32(49)61)30(56-42)19-31-44(4,5)27(11-14-33(50)62)39(57-31)24(2)41(45)58-43;1-2;;/h19,23,26-29,43,60H,10-18,20-22H2,1-9H3,(H14,49,50,51,52,53,54,55,56,57,58,59,61,62,63,64,65,66,67);;;1H2/q;-1;+2;/p-1/t23-,26-,27-,28-,29+,43?,45-,46+,47+,48+;;;/m1.../s1. The van der Waals surface area contributed by atoms with Crippen molar-refractivity contribution in [3.05, 3.63) is 46.2 Å². The van der Waals surface area contributed by atoms with Crippen molar-refractivity contribution in [3.63, 3.8) is 0 Å². The second kappa shape index (κ2) is 23.2. The van der Waals surface area contributed by atoms with Crippen LogP contribution >= 0.6 is 0 Å². The van der Waals surface area contributed by atoms with E-state index >= 15 is 0 Å². The van der Waals surface area contributed by atoms with Gasteiger partial charge in [0.2, 0.25) is 41.4 Å². The molecule has 0 aliphatic carbocycles. The van der Waals surface area contributed by atoms with Crippen molar-refractivity contribution in [1.82, 2.24) is 5.32 Å². The summed E-state index contributed by atoms with van der Waals surface area (Å²) in [5.74, 6) is -6.42. The van der Waals surface area contributed by atoms with Gasteiger partial charge in [-0.25, -0.2) is 0 Å². The van der Waals surface area contributed by atoms with E-state index in [1.54, 1.807) is 6.92 Å². The predicted molar refractivity (Wildman–Crippen MR) is 263 cm³/mol. The van der Waals surface area contributed by atoms with Crippen molar-refractivity contribution >= 4 is 58.5 Å². The molecule has 1 radical (unpaired) electrons. The van der Waals surface area contributed by atoms with Crippen molar-refractivity contribution in [3.8, 4) is 0 Å². The number of nitrogens with one attached hydrogen (secondary N) is 1. The number of fused-ring (bicyclic) bond motifs is 6. The number of amides is 7. The first kappa shape index (κ1) is 61.4. The summed E-state index contributed by atoms with van der Waals surface area (Å²) in [7, 11) is 0. The fraction of sp³-hybridized carbons (Fsp3) is 0.653. The van der Waals surface area contributed by atoms with Crippen LogP contribution in [0.15, 0.2) is 49.3 Å². The van der Waals surface area contributed by atoms with Gasteiger partial charge in [0.05, 0.1) is 17.3 Å². The minimum atomic E-state index is -1.40. The van der Waals surface area contributed by atoms with E-state index in [1.165, 1.54) is 0 Å². The van der Waals surface area contributed by atoms with E-state index in [2.05, 4.69) is 5.32 Å². The molecule has 10 atom stereocenters. The average molecular weight is 1030 g/mol. The van der Waals surface area contributed by atoms with Crippen molar-refractivity contribution in [2.45, 2.75) is 151 Å². The number of hydrogen-bond acceptors (Lipinski definition) is 12. The van der Waals surface area contributed by atoms with E-state index < -0.39 is 98.5 Å². The minimum absolute atomic E-state index is 0. The van der Waals surface area contributed by atoms with Crippen LogP contribution in [0.5, 0.6) is 0 Å². The van der Waals surface area contributed by atoms with E-state index in [-0.39, 0.29) is 98.9 Å². The van der Waals surface area contributed by atoms with Crippen molar-refractivity contribution in [1.29, 1.82) is 5.26 Å². The van der Waals surface area contributed by atoms with Crippen LogP contribution < -0.4 is 39.7 Å². The number of rotatable bonds is 20. The third kappa shape index (κ3) is 12.0. The maximum absolute atomic E-state index is 13.5. The van der Waals surface area contributed by atoms with Gasteiger partial charge in [-0.1, -0.05) is 40.7 Å². The summed E-state index contributed by atoms with van der Waals surface area (Å²) in [5.41, 5.74) is 34.4. The molecule has 0 aromatic rings. The number of carbonyl (C=O) groups excluding carboxylic acids is 7. The van der Waals surface area contributed by atoms with Gasteiger partial charge in [-0.05, 0) is 81.9 Å². The van der Waals surface area contributed by atoms with E-state index in [4.69, 9.17) is 66.5 Å². The number of primary amides is 6. The Morgan fingerprint density at radius 1 is 0.732 bits per heavy atom. The largest absolute Gasteiger partial charge is 2.00 e. The molecule has 5 aliphatic rings. The first-order valence-electron chi connectivity index (χ1n) is 23.4. The number of nitrogens with zero attached hydrogens (tertiary/aromatic N) is 5. The Labute approximate surface area is 426 Å². The summed E-state index contributed by atoms with van der Waals surface area (Å²) in [6, 6.07) is -0.923. The van der Waals surface area contributed by atoms with Crippen molar-refractivity contribution in [2.75, 3.05) is 6.54 Å². The van der Waals surface area contributed by atoms with Crippen LogP contribution in [0.25, 0.3) is 5.32 Å². The maximum atomic E-state index is 13.5. The van der Waals surface area contributed by atoms with Gasteiger partial charge in [-0.2, -0.15) is 5.70 Å². The third-order valence-corrected chi connectivity index (χ3v) is 16.0. The molecule has 5 rings (SSSR count). The van der Waals surface area contributed by atoms with Crippen LogP contribution in [-0.2, 0) is 50.3 Å². The molecule has 1 unspecified atom stereocenters. The molecule has 16 N–H and O–H groups in total. The second-order valence-corrected chi connectivity index (χ2v) is 21.1. The smallest absolute Gasteiger partial charge is 0.682 e. The molecule has 393 valence electrons. The monoisotopic (exact) mass is 1030 g/mol. The molecular weight excluding hydrogens is 960 g/mol. The first-order valence-corrected chi connectivity index (χ1v) is 23.4. The Morgan fingerprint density at radius 2 is 1.25 bits per heavy atom. The van der Waals surface area contributed by atoms with Gasteiger partial charge in [-0.15, -0.1) is 0 Å². The van der Waals surface area contributed by atoms with Crippen LogP contribution in [0.4, 0.5) is 0 Å². The Morgan fingerprint density at radius 3 is 1.75 bits per heavy atom. The fourth-order valence-electron chi connectivity index (χ4n) is 12.2. The number of aliphatic hydroxyl groups excluding tert-OH is 1. The van der Waals surface area contributed by atoms with E-state index in [1.807, 2.05) is 61.5 Å². The summed E-state index contributed by atoms with van der Waals surface area (Å²) in [6.45, 7) is 21.6. The quantitative estimate of drug-likeness (QED) is 0.0823. The summed E-state index contributed by atoms with van der Waals surface area (Å²) in [5, 5.41) is 24.6. The SMILES string of the molecule is C/C1=C2/[N-]C([C@H](CC(N)=O)[C@@]2(C)CCC(=O)NC[C@@H](C)O)[C@]2(C)N=C(/C(C)=C3N=C(/C=C4N=C1[C@@H](CCC(N)=O)C\4(C)C)[C@@H](CCC(N)=O)[C@]\3(C)CC(N)=O)[C@@H](CCC(N)=O)[C@]2(C)CC(N)=O.O.[C-]#N.[Co+2]. The summed E-state index contributed by atoms with van der Waals surface area (Å²) in [6.07, 6.45) is 1.02. The Hall–Kier alpha value is -5.76. The zero-order valence-electron chi connectivity index (χ0n) is 42.4. The molecule has 8 bridgehead atoms. The molecular formula is C49H74CoN12O9. The molecule has 22 heteroatoms. The molecule has 71 heavy (non-hydrogen) atoms. The van der Waals surface area contributed by atoms with Gasteiger partial charge in [0.25, 0.3) is 0 Å². The van der Waals surface area contributed by atoms with Gasteiger partial charge in [0, 0.05) is 108 Å². The molecule has 5 aliphatic heterocycles. The Balaban J connectivity index is 0.00000426. The Bertz CT molecular complexity index is 2370. The summed E-state index contributed by atoms with van der Waals surface area (Å²) < 4.78 is 0. The maximum Gasteiger partial charge on any atom is 2.00 e. The normalized spacial score (nSPS) is 33.2. The van der Waals surface area contributed by atoms with Gasteiger partial charge >= 0.3 is 16.8 Å². The fourth-order valence-corrected chi connectivity index (χ4v) is 12.2. The van der Waals surface area contributed by atoms with E-state index in [0.717, 1.165) is 0 Å². The number of allylic oxidation sites excluding steroid dienone is 6. The molecule has 7 amide bonds. The molecule has 0 spiro atoms. The molecule has 0 aromatic heterocycles. The van der Waals surface area contributed by atoms with Crippen molar-refractivity contribution in [2.24, 2.45) is 94.7 Å². The average Bonchev–Trinajstić information content (AvgIpc) is 3.84. The number of aliphatic imine (C=N–C) groups is 3. The summed E-state index contributed by atoms with van der Waals surface area (Å²) in [4.78, 5) is 108. The van der Waals surface area contributed by atoms with E-state index in [0.29, 0.717) is 51.8 Å². The van der Waals surface area contributed by atoms with Crippen molar-refractivity contribution < 1.29 is 60.9 Å². The number of carbonyl (C=O) groups is 7. The van der Waals surface area contributed by atoms with Gasteiger partial charge in [0.15, 0.2) is 0 Å². The third-order valence-electron chi connectivity index (χ3n) is 16.0. The van der Waals surface area contributed by atoms with Gasteiger partial charge in [-0.3, -0.25) is 48.5 Å². The number of hydrogen-bond donors (Lipinski definition) is 8.